The number of nitrogens with two attached hydrogens (primary N) is 1. The van der Waals surface area contributed by atoms with Gasteiger partial charge in [-0.05, 0) is 12.1 Å². The molecule has 6 nitrogen and oxygen atoms in total. The minimum Gasteiger partial charge on any atom is -0.476 e. The Morgan fingerprint density at radius 1 is 1.31 bits per heavy atom. The van der Waals surface area contributed by atoms with E-state index in [1.165, 1.54) is 6.20 Å². The average Bonchev–Trinajstić information content (AvgIpc) is 2.30. The van der Waals surface area contributed by atoms with Gasteiger partial charge >= 0.3 is 5.97 Å². The van der Waals surface area contributed by atoms with Gasteiger partial charge in [-0.15, -0.1) is 0 Å². The van der Waals surface area contributed by atoms with Crippen molar-refractivity contribution >= 4 is 11.8 Å². The highest BCUT2D eigenvalue weighted by atomic mass is 16.4. The molecule has 0 fully saturated rings. The minimum absolute atomic E-state index is 0.0923. The number of carboxylic acid groups (broad SMARTS) is 1. The number of pyridine rings is 1. The van der Waals surface area contributed by atoms with Crippen LogP contribution < -0.4 is 5.73 Å². The number of aromatic carboxylic acids is 1. The van der Waals surface area contributed by atoms with Gasteiger partial charge in [0.1, 0.15) is 0 Å². The number of aromatic nitrogens is 3. The van der Waals surface area contributed by atoms with Crippen LogP contribution in [0.1, 0.15) is 10.5 Å². The summed E-state index contributed by atoms with van der Waals surface area (Å²) in [5.74, 6) is -1.29. The molecule has 0 radical (unpaired) electrons. The lowest BCUT2D eigenvalue weighted by Gasteiger charge is -2.03. The summed E-state index contributed by atoms with van der Waals surface area (Å²) in [6, 6.07) is 3.43. The maximum absolute atomic E-state index is 10.8. The standard InChI is InChI=1S/C10H8N4O2/c11-9-8(10(15)16)14-7(5-13-9)6-1-3-12-4-2-6/h1-5H,(H2,11,13)(H,15,16). The van der Waals surface area contributed by atoms with Crippen LogP contribution in [-0.2, 0) is 0 Å². The third kappa shape index (κ3) is 1.81. The SMILES string of the molecule is Nc1ncc(-c2ccncc2)nc1C(=O)O. The van der Waals surface area contributed by atoms with Crippen molar-refractivity contribution in [1.82, 2.24) is 15.0 Å². The predicted molar refractivity (Wildman–Crippen MR) is 56.6 cm³/mol. The number of hydrogen-bond donors (Lipinski definition) is 2. The number of rotatable bonds is 2. The van der Waals surface area contributed by atoms with Gasteiger partial charge in [-0.1, -0.05) is 0 Å². The molecule has 0 aliphatic heterocycles. The summed E-state index contributed by atoms with van der Waals surface area (Å²) in [4.78, 5) is 22.4. The van der Waals surface area contributed by atoms with Crippen molar-refractivity contribution in [2.45, 2.75) is 0 Å². The number of nitrogens with zero attached hydrogens (tertiary/aromatic N) is 3. The lowest BCUT2D eigenvalue weighted by Crippen LogP contribution is -2.08. The zero-order valence-electron chi connectivity index (χ0n) is 8.16. The Balaban J connectivity index is 2.52. The first kappa shape index (κ1) is 10.0. The zero-order valence-corrected chi connectivity index (χ0v) is 8.16. The highest BCUT2D eigenvalue weighted by Crippen LogP contribution is 2.17. The van der Waals surface area contributed by atoms with Crippen LogP contribution in [0, 0.1) is 0 Å². The molecule has 0 saturated carbocycles. The van der Waals surface area contributed by atoms with E-state index in [9.17, 15) is 4.79 Å². The Hall–Kier alpha value is -2.50. The van der Waals surface area contributed by atoms with Crippen LogP contribution in [0.3, 0.4) is 0 Å². The summed E-state index contributed by atoms with van der Waals surface area (Å²) >= 11 is 0. The van der Waals surface area contributed by atoms with Crippen molar-refractivity contribution in [2.75, 3.05) is 5.73 Å². The first-order valence-electron chi connectivity index (χ1n) is 4.44. The molecule has 0 aliphatic rings. The largest absolute Gasteiger partial charge is 0.476 e. The van der Waals surface area contributed by atoms with Crippen LogP contribution in [0.15, 0.2) is 30.7 Å². The molecular weight excluding hydrogens is 208 g/mol. The molecule has 0 aromatic carbocycles. The molecule has 0 amide bonds. The van der Waals surface area contributed by atoms with E-state index in [4.69, 9.17) is 10.8 Å². The van der Waals surface area contributed by atoms with Crippen LogP contribution in [0.5, 0.6) is 0 Å². The molecule has 0 spiro atoms. The lowest BCUT2D eigenvalue weighted by atomic mass is 10.2. The normalized spacial score (nSPS) is 10.0. The van der Waals surface area contributed by atoms with Gasteiger partial charge in [-0.25, -0.2) is 14.8 Å². The van der Waals surface area contributed by atoms with E-state index in [-0.39, 0.29) is 11.5 Å². The van der Waals surface area contributed by atoms with E-state index in [0.717, 1.165) is 5.56 Å². The molecule has 0 aliphatic carbocycles. The molecule has 2 heterocycles. The number of hydrogen-bond acceptors (Lipinski definition) is 5. The fourth-order valence-electron chi connectivity index (χ4n) is 1.22. The van der Waals surface area contributed by atoms with Crippen LogP contribution >= 0.6 is 0 Å². The summed E-state index contributed by atoms with van der Waals surface area (Å²) in [5.41, 5.74) is 6.35. The van der Waals surface area contributed by atoms with Gasteiger partial charge in [0, 0.05) is 18.0 Å². The van der Waals surface area contributed by atoms with E-state index in [1.807, 2.05) is 0 Å². The monoisotopic (exact) mass is 216 g/mol. The van der Waals surface area contributed by atoms with Gasteiger partial charge in [-0.2, -0.15) is 0 Å². The molecule has 2 aromatic rings. The molecule has 0 unspecified atom stereocenters. The Labute approximate surface area is 90.8 Å². The molecule has 16 heavy (non-hydrogen) atoms. The molecule has 2 aromatic heterocycles. The van der Waals surface area contributed by atoms with E-state index < -0.39 is 5.97 Å². The Morgan fingerprint density at radius 2 is 2.00 bits per heavy atom. The Bertz CT molecular complexity index is 528. The Morgan fingerprint density at radius 3 is 2.62 bits per heavy atom. The minimum atomic E-state index is -1.19. The van der Waals surface area contributed by atoms with E-state index in [2.05, 4.69) is 15.0 Å². The van der Waals surface area contributed by atoms with Crippen LogP contribution in [0.2, 0.25) is 0 Å². The first-order chi connectivity index (χ1) is 7.68. The van der Waals surface area contributed by atoms with E-state index >= 15 is 0 Å². The molecule has 3 N–H and O–H groups in total. The van der Waals surface area contributed by atoms with Crippen LogP contribution in [-0.4, -0.2) is 26.0 Å². The van der Waals surface area contributed by atoms with Crippen molar-refractivity contribution in [1.29, 1.82) is 0 Å². The maximum Gasteiger partial charge on any atom is 0.358 e. The molecule has 0 bridgehead atoms. The summed E-state index contributed by atoms with van der Waals surface area (Å²) in [5, 5.41) is 8.84. The number of nitrogen functional groups attached to an aromatic ring is 1. The summed E-state index contributed by atoms with van der Waals surface area (Å²) in [6.45, 7) is 0. The van der Waals surface area contributed by atoms with Gasteiger partial charge in [0.2, 0.25) is 0 Å². The molecule has 0 saturated heterocycles. The molecular formula is C10H8N4O2. The van der Waals surface area contributed by atoms with Gasteiger partial charge in [0.15, 0.2) is 11.5 Å². The number of anilines is 1. The topological polar surface area (TPSA) is 102 Å². The second-order valence-electron chi connectivity index (χ2n) is 3.03. The smallest absolute Gasteiger partial charge is 0.358 e. The predicted octanol–water partition coefficient (Wildman–Crippen LogP) is 0.819. The fraction of sp³-hybridized carbons (Fsp3) is 0. The fourth-order valence-corrected chi connectivity index (χ4v) is 1.22. The third-order valence-corrected chi connectivity index (χ3v) is 1.98. The number of carboxylic acids is 1. The molecule has 80 valence electrons. The summed E-state index contributed by atoms with van der Waals surface area (Å²) in [7, 11) is 0. The van der Waals surface area contributed by atoms with Crippen molar-refractivity contribution in [2.24, 2.45) is 0 Å². The Kier molecular flexibility index (Phi) is 2.47. The summed E-state index contributed by atoms with van der Waals surface area (Å²) in [6.07, 6.45) is 4.61. The highest BCUT2D eigenvalue weighted by Gasteiger charge is 2.12. The average molecular weight is 216 g/mol. The van der Waals surface area contributed by atoms with Crippen molar-refractivity contribution in [3.8, 4) is 11.3 Å². The summed E-state index contributed by atoms with van der Waals surface area (Å²) < 4.78 is 0. The van der Waals surface area contributed by atoms with Gasteiger partial charge in [0.25, 0.3) is 0 Å². The third-order valence-electron chi connectivity index (χ3n) is 1.98. The lowest BCUT2D eigenvalue weighted by molar-refractivity contribution is 0.0691. The van der Waals surface area contributed by atoms with Crippen molar-refractivity contribution in [3.63, 3.8) is 0 Å². The zero-order chi connectivity index (χ0) is 11.5. The van der Waals surface area contributed by atoms with Crippen LogP contribution in [0.25, 0.3) is 11.3 Å². The second kappa shape index (κ2) is 3.93. The van der Waals surface area contributed by atoms with E-state index in [0.29, 0.717) is 5.69 Å². The molecule has 6 heteroatoms. The first-order valence-corrected chi connectivity index (χ1v) is 4.44. The molecule has 0 atom stereocenters. The van der Waals surface area contributed by atoms with Gasteiger partial charge in [0.05, 0.1) is 11.9 Å². The quantitative estimate of drug-likeness (QED) is 0.770. The van der Waals surface area contributed by atoms with Crippen LogP contribution in [0.4, 0.5) is 5.82 Å². The van der Waals surface area contributed by atoms with Gasteiger partial charge < -0.3 is 10.8 Å². The number of carbonyl (C=O) groups is 1. The highest BCUT2D eigenvalue weighted by molar-refractivity contribution is 5.90. The molecule has 2 rings (SSSR count). The second-order valence-corrected chi connectivity index (χ2v) is 3.03. The van der Waals surface area contributed by atoms with Crippen molar-refractivity contribution < 1.29 is 9.90 Å². The van der Waals surface area contributed by atoms with Crippen molar-refractivity contribution in [3.05, 3.63) is 36.4 Å². The maximum atomic E-state index is 10.8. The van der Waals surface area contributed by atoms with Gasteiger partial charge in [-0.3, -0.25) is 4.98 Å². The van der Waals surface area contributed by atoms with E-state index in [1.54, 1.807) is 24.5 Å².